The van der Waals surface area contributed by atoms with Crippen molar-refractivity contribution in [3.05, 3.63) is 24.7 Å². The van der Waals surface area contributed by atoms with E-state index < -0.39 is 5.60 Å². The van der Waals surface area contributed by atoms with Crippen molar-refractivity contribution >= 4 is 23.5 Å². The number of nitrogens with one attached hydrogen (secondary N) is 1. The minimum atomic E-state index is -0.482. The fourth-order valence-corrected chi connectivity index (χ4v) is 3.55. The minimum absolute atomic E-state index is 0.136. The van der Waals surface area contributed by atoms with Crippen molar-refractivity contribution in [2.24, 2.45) is 7.05 Å². The molecular formula is C19H27N7O2. The molecule has 1 saturated carbocycles. The molecule has 0 radical (unpaired) electrons. The van der Waals surface area contributed by atoms with Crippen molar-refractivity contribution in [2.45, 2.75) is 44.8 Å². The normalized spacial score (nSPS) is 18.3. The summed E-state index contributed by atoms with van der Waals surface area (Å²) in [4.78, 5) is 25.7. The number of anilines is 3. The quantitative estimate of drug-likeness (QED) is 0.868. The number of amides is 1. The van der Waals surface area contributed by atoms with Crippen LogP contribution in [0.1, 0.15) is 33.6 Å². The largest absolute Gasteiger partial charge is 0.444 e. The van der Waals surface area contributed by atoms with Crippen LogP contribution in [0.5, 0.6) is 0 Å². The Labute approximate surface area is 164 Å². The SMILES string of the molecule is Cn1cc(Nc2nccc(N3CCN(C(=O)OC(C)(C)C)C4(CC4)C3)n2)cn1. The van der Waals surface area contributed by atoms with Gasteiger partial charge in [0.15, 0.2) is 0 Å². The van der Waals surface area contributed by atoms with Gasteiger partial charge >= 0.3 is 6.09 Å². The number of nitrogens with zero attached hydrogens (tertiary/aromatic N) is 6. The summed E-state index contributed by atoms with van der Waals surface area (Å²) in [6.07, 6.45) is 7.12. The van der Waals surface area contributed by atoms with E-state index in [2.05, 4.69) is 25.3 Å². The second kappa shape index (κ2) is 6.65. The Morgan fingerprint density at radius 1 is 1.29 bits per heavy atom. The fourth-order valence-electron chi connectivity index (χ4n) is 3.55. The van der Waals surface area contributed by atoms with Crippen molar-refractivity contribution in [1.29, 1.82) is 0 Å². The van der Waals surface area contributed by atoms with Gasteiger partial charge in [0.1, 0.15) is 11.4 Å². The van der Waals surface area contributed by atoms with Crippen LogP contribution >= 0.6 is 0 Å². The Morgan fingerprint density at radius 2 is 2.07 bits per heavy atom. The van der Waals surface area contributed by atoms with E-state index in [4.69, 9.17) is 4.74 Å². The van der Waals surface area contributed by atoms with E-state index >= 15 is 0 Å². The number of aromatic nitrogens is 4. The van der Waals surface area contributed by atoms with Gasteiger partial charge in [0.05, 0.1) is 17.4 Å². The summed E-state index contributed by atoms with van der Waals surface area (Å²) in [5.74, 6) is 1.39. The smallest absolute Gasteiger partial charge is 0.410 e. The Kier molecular flexibility index (Phi) is 4.40. The number of aryl methyl sites for hydroxylation is 1. The summed E-state index contributed by atoms with van der Waals surface area (Å²) in [5, 5.41) is 7.32. The van der Waals surface area contributed by atoms with E-state index in [9.17, 15) is 4.79 Å². The second-order valence-corrected chi connectivity index (χ2v) is 8.54. The van der Waals surface area contributed by atoms with Gasteiger partial charge in [-0.1, -0.05) is 0 Å². The molecule has 0 bridgehead atoms. The van der Waals surface area contributed by atoms with Crippen LogP contribution < -0.4 is 10.2 Å². The van der Waals surface area contributed by atoms with Crippen LogP contribution in [0, 0.1) is 0 Å². The first kappa shape index (κ1) is 18.5. The van der Waals surface area contributed by atoms with E-state index in [1.165, 1.54) is 0 Å². The highest BCUT2D eigenvalue weighted by Gasteiger charge is 2.54. The van der Waals surface area contributed by atoms with Gasteiger partial charge in [0.2, 0.25) is 5.95 Å². The molecule has 1 aliphatic carbocycles. The third-order valence-corrected chi connectivity index (χ3v) is 5.02. The molecule has 2 aliphatic rings. The van der Waals surface area contributed by atoms with Crippen molar-refractivity contribution in [3.63, 3.8) is 0 Å². The zero-order chi connectivity index (χ0) is 19.9. The molecule has 0 aromatic carbocycles. The van der Waals surface area contributed by atoms with Crippen molar-refractivity contribution in [1.82, 2.24) is 24.6 Å². The molecule has 3 heterocycles. The van der Waals surface area contributed by atoms with Crippen LogP contribution in [-0.4, -0.2) is 61.5 Å². The summed E-state index contributed by atoms with van der Waals surface area (Å²) in [6, 6.07) is 1.91. The number of carbonyl (C=O) groups is 1. The van der Waals surface area contributed by atoms with E-state index in [0.29, 0.717) is 19.0 Å². The highest BCUT2D eigenvalue weighted by Crippen LogP contribution is 2.45. The van der Waals surface area contributed by atoms with Gasteiger partial charge in [-0.25, -0.2) is 9.78 Å². The molecule has 1 aliphatic heterocycles. The van der Waals surface area contributed by atoms with Gasteiger partial charge in [0, 0.05) is 39.1 Å². The zero-order valence-corrected chi connectivity index (χ0v) is 16.8. The predicted octanol–water partition coefficient (Wildman–Crippen LogP) is 2.54. The summed E-state index contributed by atoms with van der Waals surface area (Å²) < 4.78 is 7.33. The Bertz CT molecular complexity index is 869. The van der Waals surface area contributed by atoms with Crippen LogP contribution in [0.2, 0.25) is 0 Å². The maximum absolute atomic E-state index is 12.6. The maximum atomic E-state index is 12.6. The molecule has 2 aromatic heterocycles. The van der Waals surface area contributed by atoms with E-state index in [0.717, 1.165) is 30.9 Å². The number of piperazine rings is 1. The Balaban J connectivity index is 1.46. The first-order valence-corrected chi connectivity index (χ1v) is 9.58. The molecule has 150 valence electrons. The Morgan fingerprint density at radius 3 is 2.71 bits per heavy atom. The number of hydrogen-bond donors (Lipinski definition) is 1. The summed E-state index contributed by atoms with van der Waals surface area (Å²) in [7, 11) is 1.86. The molecule has 9 heteroatoms. The summed E-state index contributed by atoms with van der Waals surface area (Å²) >= 11 is 0. The van der Waals surface area contributed by atoms with Crippen LogP contribution in [0.4, 0.5) is 22.2 Å². The first-order valence-electron chi connectivity index (χ1n) is 9.58. The third-order valence-electron chi connectivity index (χ3n) is 5.02. The highest BCUT2D eigenvalue weighted by molar-refractivity contribution is 5.71. The van der Waals surface area contributed by atoms with Gasteiger partial charge in [-0.05, 0) is 39.7 Å². The van der Waals surface area contributed by atoms with E-state index in [1.54, 1.807) is 17.1 Å². The lowest BCUT2D eigenvalue weighted by atomic mass is 10.1. The van der Waals surface area contributed by atoms with Crippen LogP contribution in [-0.2, 0) is 11.8 Å². The maximum Gasteiger partial charge on any atom is 0.410 e. The highest BCUT2D eigenvalue weighted by atomic mass is 16.6. The second-order valence-electron chi connectivity index (χ2n) is 8.54. The molecule has 28 heavy (non-hydrogen) atoms. The van der Waals surface area contributed by atoms with Crippen molar-refractivity contribution in [3.8, 4) is 0 Å². The van der Waals surface area contributed by atoms with E-state index in [-0.39, 0.29) is 11.6 Å². The molecule has 1 amide bonds. The standard InChI is InChI=1S/C19H27N7O2/c1-18(2,3)28-17(27)26-10-9-25(13-19(26)6-7-19)15-5-8-20-16(23-15)22-14-11-21-24(4)12-14/h5,8,11-12H,6-7,9-10,13H2,1-4H3,(H,20,22,23). The zero-order valence-electron chi connectivity index (χ0n) is 16.8. The lowest BCUT2D eigenvalue weighted by Gasteiger charge is -2.42. The van der Waals surface area contributed by atoms with Crippen molar-refractivity contribution in [2.75, 3.05) is 29.9 Å². The molecule has 0 atom stereocenters. The fraction of sp³-hybridized carbons (Fsp3) is 0.579. The van der Waals surface area contributed by atoms with Crippen LogP contribution in [0.3, 0.4) is 0 Å². The van der Waals surface area contributed by atoms with Gasteiger partial charge in [0.25, 0.3) is 0 Å². The van der Waals surface area contributed by atoms with Gasteiger partial charge in [-0.3, -0.25) is 9.58 Å². The number of rotatable bonds is 3. The molecule has 1 saturated heterocycles. The van der Waals surface area contributed by atoms with Gasteiger partial charge < -0.3 is 15.0 Å². The summed E-state index contributed by atoms with van der Waals surface area (Å²) in [6.45, 7) is 7.80. The lowest BCUT2D eigenvalue weighted by Crippen LogP contribution is -2.58. The lowest BCUT2D eigenvalue weighted by molar-refractivity contribution is 0.0106. The minimum Gasteiger partial charge on any atom is -0.444 e. The molecule has 9 nitrogen and oxygen atoms in total. The number of carbonyl (C=O) groups excluding carboxylic acids is 1. The van der Waals surface area contributed by atoms with Crippen LogP contribution in [0.25, 0.3) is 0 Å². The predicted molar refractivity (Wildman–Crippen MR) is 106 cm³/mol. The Hall–Kier alpha value is -2.84. The molecule has 2 aromatic rings. The molecule has 0 unspecified atom stereocenters. The van der Waals surface area contributed by atoms with Gasteiger partial charge in [-0.2, -0.15) is 10.1 Å². The average Bonchev–Trinajstić information content (AvgIpc) is 3.25. The summed E-state index contributed by atoms with van der Waals surface area (Å²) in [5.41, 5.74) is 0.222. The van der Waals surface area contributed by atoms with Gasteiger partial charge in [-0.15, -0.1) is 0 Å². The molecule has 2 fully saturated rings. The molecule has 1 spiro atoms. The monoisotopic (exact) mass is 385 g/mol. The first-order chi connectivity index (χ1) is 13.2. The topological polar surface area (TPSA) is 88.4 Å². The van der Waals surface area contributed by atoms with Crippen molar-refractivity contribution < 1.29 is 9.53 Å². The molecule has 4 rings (SSSR count). The average molecular weight is 385 g/mol. The van der Waals surface area contributed by atoms with E-state index in [1.807, 2.05) is 45.0 Å². The molecule has 1 N–H and O–H groups in total. The number of ether oxygens (including phenoxy) is 1. The molecular weight excluding hydrogens is 358 g/mol. The number of hydrogen-bond acceptors (Lipinski definition) is 7. The van der Waals surface area contributed by atoms with Crippen LogP contribution in [0.15, 0.2) is 24.7 Å². The third kappa shape index (κ3) is 3.88.